The van der Waals surface area contributed by atoms with Crippen LogP contribution in [0.15, 0.2) is 36.4 Å². The molecular formula is C22H25Cl2N3O4S. The summed E-state index contributed by atoms with van der Waals surface area (Å²) in [5, 5.41) is 9.67. The average Bonchev–Trinajstić information content (AvgIpc) is 2.74. The lowest BCUT2D eigenvalue weighted by atomic mass is 10.1. The van der Waals surface area contributed by atoms with E-state index in [-0.39, 0.29) is 23.2 Å². The fourth-order valence-corrected chi connectivity index (χ4v) is 4.75. The standard InChI is InChI=1S/C22H25Cl2N3O4S/c1-32(28,29)26-18-6-9-27(10-7-18)15-16-2-4-19(5-3-16)31-20-12-17(14-25)22(21(24)13-20)30-11-8-23/h2-5,12-13,18,26H,6-11,15H2,1H3. The van der Waals surface area contributed by atoms with Gasteiger partial charge in [-0.1, -0.05) is 23.7 Å². The Morgan fingerprint density at radius 1 is 1.19 bits per heavy atom. The van der Waals surface area contributed by atoms with Gasteiger partial charge in [0.15, 0.2) is 5.75 Å². The van der Waals surface area contributed by atoms with Crippen LogP contribution in [0.25, 0.3) is 0 Å². The van der Waals surface area contributed by atoms with E-state index >= 15 is 0 Å². The molecule has 0 aliphatic carbocycles. The highest BCUT2D eigenvalue weighted by atomic mass is 35.5. The van der Waals surface area contributed by atoms with Crippen LogP contribution in [0.5, 0.6) is 17.2 Å². The maximum absolute atomic E-state index is 11.4. The number of ether oxygens (including phenoxy) is 2. The van der Waals surface area contributed by atoms with E-state index in [0.29, 0.717) is 23.1 Å². The van der Waals surface area contributed by atoms with Crippen molar-refractivity contribution in [1.29, 1.82) is 5.26 Å². The molecule has 1 heterocycles. The van der Waals surface area contributed by atoms with Crippen molar-refractivity contribution >= 4 is 33.2 Å². The lowest BCUT2D eigenvalue weighted by molar-refractivity contribution is 0.200. The Hall–Kier alpha value is -2.02. The summed E-state index contributed by atoms with van der Waals surface area (Å²) in [4.78, 5) is 2.30. The van der Waals surface area contributed by atoms with Crippen molar-refractivity contribution < 1.29 is 17.9 Å². The van der Waals surface area contributed by atoms with E-state index in [1.165, 1.54) is 6.26 Å². The molecule has 2 aromatic carbocycles. The molecule has 0 bridgehead atoms. The Bertz CT molecular complexity index is 1060. The van der Waals surface area contributed by atoms with Crippen molar-refractivity contribution in [3.05, 3.63) is 52.5 Å². The van der Waals surface area contributed by atoms with E-state index in [2.05, 4.69) is 15.7 Å². The third-order valence-corrected chi connectivity index (χ3v) is 6.19. The molecule has 0 atom stereocenters. The molecule has 2 aromatic rings. The molecule has 172 valence electrons. The quantitative estimate of drug-likeness (QED) is 0.523. The van der Waals surface area contributed by atoms with Gasteiger partial charge in [0.05, 0.1) is 22.7 Å². The van der Waals surface area contributed by atoms with E-state index in [1.807, 2.05) is 24.3 Å². The SMILES string of the molecule is CS(=O)(=O)NC1CCN(Cc2ccc(Oc3cc(Cl)c(OCCCl)c(C#N)c3)cc2)CC1. The minimum atomic E-state index is -3.17. The van der Waals surface area contributed by atoms with Crippen LogP contribution in [-0.4, -0.2) is 51.2 Å². The van der Waals surface area contributed by atoms with Crippen LogP contribution >= 0.6 is 23.2 Å². The molecule has 32 heavy (non-hydrogen) atoms. The Balaban J connectivity index is 1.57. The van der Waals surface area contributed by atoms with E-state index in [9.17, 15) is 13.7 Å². The Kier molecular flexibility index (Phi) is 8.63. The molecule has 0 aromatic heterocycles. The van der Waals surface area contributed by atoms with Gasteiger partial charge >= 0.3 is 0 Å². The molecule has 3 rings (SSSR count). The lowest BCUT2D eigenvalue weighted by Crippen LogP contribution is -2.43. The first kappa shape index (κ1) is 24.6. The Morgan fingerprint density at radius 2 is 1.88 bits per heavy atom. The number of hydrogen-bond acceptors (Lipinski definition) is 6. The van der Waals surface area contributed by atoms with Gasteiger partial charge in [-0.25, -0.2) is 13.1 Å². The van der Waals surface area contributed by atoms with Gasteiger partial charge in [-0.15, -0.1) is 11.6 Å². The second-order valence-corrected chi connectivity index (χ2v) is 10.2. The van der Waals surface area contributed by atoms with Gasteiger partial charge < -0.3 is 9.47 Å². The number of hydrogen-bond donors (Lipinski definition) is 1. The minimum Gasteiger partial charge on any atom is -0.489 e. The van der Waals surface area contributed by atoms with E-state index < -0.39 is 10.0 Å². The second kappa shape index (κ2) is 11.2. The monoisotopic (exact) mass is 497 g/mol. The molecule has 0 radical (unpaired) electrons. The summed E-state index contributed by atoms with van der Waals surface area (Å²) in [7, 11) is -3.17. The number of rotatable bonds is 9. The summed E-state index contributed by atoms with van der Waals surface area (Å²) < 4.78 is 36.8. The fraction of sp³-hybridized carbons (Fsp3) is 0.409. The highest BCUT2D eigenvalue weighted by Gasteiger charge is 2.21. The summed E-state index contributed by atoms with van der Waals surface area (Å²) in [5.41, 5.74) is 1.41. The van der Waals surface area contributed by atoms with Crippen molar-refractivity contribution in [2.24, 2.45) is 0 Å². The van der Waals surface area contributed by atoms with Crippen molar-refractivity contribution in [1.82, 2.24) is 9.62 Å². The molecule has 0 saturated carbocycles. The van der Waals surface area contributed by atoms with Crippen LogP contribution in [0.4, 0.5) is 0 Å². The first-order valence-corrected chi connectivity index (χ1v) is 13.0. The summed E-state index contributed by atoms with van der Waals surface area (Å²) in [6.45, 7) is 2.70. The third-order valence-electron chi connectivity index (χ3n) is 4.99. The predicted octanol–water partition coefficient (Wildman–Crippen LogP) is 4.14. The first-order valence-electron chi connectivity index (χ1n) is 10.2. The van der Waals surface area contributed by atoms with Crippen LogP contribution in [-0.2, 0) is 16.6 Å². The molecule has 0 unspecified atom stereocenters. The molecule has 1 fully saturated rings. The van der Waals surface area contributed by atoms with Gasteiger partial charge in [-0.05, 0) is 30.5 Å². The van der Waals surface area contributed by atoms with E-state index in [4.69, 9.17) is 32.7 Å². The summed E-state index contributed by atoms with van der Waals surface area (Å²) in [6, 6.07) is 13.0. The number of benzene rings is 2. The third kappa shape index (κ3) is 7.26. The number of sulfonamides is 1. The summed E-state index contributed by atoms with van der Waals surface area (Å²) in [6.07, 6.45) is 2.78. The summed E-state index contributed by atoms with van der Waals surface area (Å²) >= 11 is 11.9. The number of halogens is 2. The maximum atomic E-state index is 11.4. The van der Waals surface area contributed by atoms with Gasteiger partial charge in [0.2, 0.25) is 10.0 Å². The van der Waals surface area contributed by atoms with Crippen molar-refractivity contribution in [3.8, 4) is 23.3 Å². The molecule has 1 aliphatic rings. The molecule has 0 amide bonds. The van der Waals surface area contributed by atoms with Gasteiger partial charge in [0.25, 0.3) is 0 Å². The zero-order chi connectivity index (χ0) is 23.1. The van der Waals surface area contributed by atoms with Gasteiger partial charge in [0.1, 0.15) is 24.2 Å². The Morgan fingerprint density at radius 3 is 2.47 bits per heavy atom. The molecule has 10 heteroatoms. The highest BCUT2D eigenvalue weighted by molar-refractivity contribution is 7.88. The number of alkyl halides is 1. The number of nitriles is 1. The number of nitrogens with one attached hydrogen (secondary N) is 1. The topological polar surface area (TPSA) is 91.7 Å². The molecule has 1 N–H and O–H groups in total. The van der Waals surface area contributed by atoms with E-state index in [0.717, 1.165) is 38.0 Å². The molecule has 1 saturated heterocycles. The number of nitrogens with zero attached hydrogens (tertiary/aromatic N) is 2. The largest absolute Gasteiger partial charge is 0.489 e. The van der Waals surface area contributed by atoms with Crippen LogP contribution in [0.2, 0.25) is 5.02 Å². The first-order chi connectivity index (χ1) is 15.3. The predicted molar refractivity (Wildman–Crippen MR) is 125 cm³/mol. The average molecular weight is 498 g/mol. The number of likely N-dealkylation sites (tertiary alicyclic amines) is 1. The van der Waals surface area contributed by atoms with Crippen molar-refractivity contribution in [2.75, 3.05) is 31.8 Å². The van der Waals surface area contributed by atoms with Crippen LogP contribution in [0, 0.1) is 11.3 Å². The van der Waals surface area contributed by atoms with Crippen molar-refractivity contribution in [2.45, 2.75) is 25.4 Å². The summed E-state index contributed by atoms with van der Waals surface area (Å²) in [5.74, 6) is 1.66. The van der Waals surface area contributed by atoms with E-state index in [1.54, 1.807) is 12.1 Å². The highest BCUT2D eigenvalue weighted by Crippen LogP contribution is 2.35. The van der Waals surface area contributed by atoms with Crippen LogP contribution in [0.3, 0.4) is 0 Å². The minimum absolute atomic E-state index is 0.00822. The van der Waals surface area contributed by atoms with Gasteiger partial charge in [-0.3, -0.25) is 4.90 Å². The van der Waals surface area contributed by atoms with Crippen LogP contribution in [0.1, 0.15) is 24.0 Å². The number of piperidine rings is 1. The lowest BCUT2D eigenvalue weighted by Gasteiger charge is -2.31. The molecular weight excluding hydrogens is 473 g/mol. The second-order valence-electron chi connectivity index (χ2n) is 7.62. The molecule has 0 spiro atoms. The normalized spacial score (nSPS) is 15.3. The smallest absolute Gasteiger partial charge is 0.208 e. The zero-order valence-corrected chi connectivity index (χ0v) is 20.0. The van der Waals surface area contributed by atoms with Gasteiger partial charge in [0, 0.05) is 37.8 Å². The molecule has 7 nitrogen and oxygen atoms in total. The maximum Gasteiger partial charge on any atom is 0.208 e. The molecule has 1 aliphatic heterocycles. The van der Waals surface area contributed by atoms with Gasteiger partial charge in [-0.2, -0.15) is 5.26 Å². The fourth-order valence-electron chi connectivity index (χ4n) is 3.57. The zero-order valence-electron chi connectivity index (χ0n) is 17.7. The van der Waals surface area contributed by atoms with Crippen LogP contribution < -0.4 is 14.2 Å². The Labute approximate surface area is 198 Å². The van der Waals surface area contributed by atoms with Crippen molar-refractivity contribution in [3.63, 3.8) is 0 Å².